The van der Waals surface area contributed by atoms with Crippen LogP contribution >= 0.6 is 0 Å². The van der Waals surface area contributed by atoms with Gasteiger partial charge in [-0.1, -0.05) is 146 Å². The van der Waals surface area contributed by atoms with E-state index in [1.54, 1.807) is 0 Å². The zero-order valence-corrected chi connectivity index (χ0v) is 26.1. The van der Waals surface area contributed by atoms with E-state index in [4.69, 9.17) is 4.98 Å². The second-order valence-electron chi connectivity index (χ2n) is 13.0. The maximum atomic E-state index is 5.43. The van der Waals surface area contributed by atoms with E-state index in [0.29, 0.717) is 0 Å². The number of hydrogen-bond donors (Lipinski definition) is 0. The molecule has 2 aliphatic rings. The van der Waals surface area contributed by atoms with Crippen molar-refractivity contribution in [3.05, 3.63) is 192 Å². The number of pyridine rings is 1. The Balaban J connectivity index is 1.33. The van der Waals surface area contributed by atoms with Crippen molar-refractivity contribution in [1.82, 2.24) is 9.55 Å². The highest BCUT2D eigenvalue weighted by Crippen LogP contribution is 2.62. The molecule has 222 valence electrons. The molecule has 1 unspecified atom stereocenters. The second kappa shape index (κ2) is 9.40. The Bertz CT molecular complexity index is 2790. The predicted molar refractivity (Wildman–Crippen MR) is 198 cm³/mol. The van der Waals surface area contributed by atoms with Gasteiger partial charge in [-0.2, -0.15) is 0 Å². The summed E-state index contributed by atoms with van der Waals surface area (Å²) in [6.07, 6.45) is 0. The van der Waals surface area contributed by atoms with Crippen LogP contribution in [0.25, 0.3) is 71.9 Å². The Morgan fingerprint density at radius 2 is 1.08 bits per heavy atom. The van der Waals surface area contributed by atoms with Crippen LogP contribution in [0.3, 0.4) is 0 Å². The van der Waals surface area contributed by atoms with Crippen LogP contribution in [0, 0.1) is 0 Å². The molecule has 3 heterocycles. The maximum Gasteiger partial charge on any atom is 0.0761 e. The molecular weight excluding hydrogens is 581 g/mol. The van der Waals surface area contributed by atoms with E-state index in [2.05, 4.69) is 174 Å². The number of aromatic nitrogens is 2. The molecule has 2 heteroatoms. The molecule has 2 aromatic heterocycles. The summed E-state index contributed by atoms with van der Waals surface area (Å²) >= 11 is 0. The smallest absolute Gasteiger partial charge is 0.0761 e. The molecular formula is C46H28N2. The molecule has 0 amide bonds. The van der Waals surface area contributed by atoms with Crippen molar-refractivity contribution in [2.75, 3.05) is 0 Å². The molecule has 9 aromatic rings. The number of benzene rings is 7. The van der Waals surface area contributed by atoms with Gasteiger partial charge in [0.1, 0.15) is 0 Å². The number of rotatable bonds is 2. The number of para-hydroxylation sites is 4. The Kier molecular flexibility index (Phi) is 5.07. The molecule has 1 atom stereocenters. The van der Waals surface area contributed by atoms with Crippen LogP contribution in [0.15, 0.2) is 170 Å². The zero-order valence-electron chi connectivity index (χ0n) is 26.1. The highest BCUT2D eigenvalue weighted by atomic mass is 15.0. The van der Waals surface area contributed by atoms with Gasteiger partial charge in [-0.05, 0) is 68.8 Å². The summed E-state index contributed by atoms with van der Waals surface area (Å²) in [4.78, 5) is 5.43. The van der Waals surface area contributed by atoms with Gasteiger partial charge in [-0.3, -0.25) is 0 Å². The molecule has 0 radical (unpaired) electrons. The average molecular weight is 609 g/mol. The molecule has 1 aliphatic carbocycles. The van der Waals surface area contributed by atoms with Gasteiger partial charge in [0.2, 0.25) is 0 Å². The first kappa shape index (κ1) is 25.9. The summed E-state index contributed by atoms with van der Waals surface area (Å²) in [5.74, 6) is 0. The quantitative estimate of drug-likeness (QED) is 0.191. The van der Waals surface area contributed by atoms with Gasteiger partial charge in [-0.25, -0.2) is 4.98 Å². The third-order valence-corrected chi connectivity index (χ3v) is 10.8. The monoisotopic (exact) mass is 608 g/mol. The summed E-state index contributed by atoms with van der Waals surface area (Å²) in [5.41, 5.74) is 16.6. The molecule has 48 heavy (non-hydrogen) atoms. The highest BCUT2D eigenvalue weighted by Gasteiger charge is 2.52. The lowest BCUT2D eigenvalue weighted by Crippen LogP contribution is -2.34. The second-order valence-corrected chi connectivity index (χ2v) is 13.0. The number of fused-ring (bicyclic) bond motifs is 13. The minimum absolute atomic E-state index is 0.538. The molecule has 11 rings (SSSR count). The van der Waals surface area contributed by atoms with E-state index < -0.39 is 5.41 Å². The molecule has 1 spiro atoms. The van der Waals surface area contributed by atoms with Crippen molar-refractivity contribution < 1.29 is 0 Å². The SMILES string of the molecule is c1ccc(-c2cc(-c3cccc4c3C3(c5ccccc5-4)c4ccccc4-n4c5ccccc5c5cccc3c54)nc3ccccc23)cc1. The van der Waals surface area contributed by atoms with Gasteiger partial charge >= 0.3 is 0 Å². The van der Waals surface area contributed by atoms with Crippen molar-refractivity contribution >= 4 is 32.7 Å². The fraction of sp³-hybridized carbons (Fsp3) is 0.0217. The topological polar surface area (TPSA) is 17.8 Å². The lowest BCUT2D eigenvalue weighted by atomic mass is 9.64. The Morgan fingerprint density at radius 3 is 2.00 bits per heavy atom. The largest absolute Gasteiger partial charge is 0.309 e. The van der Waals surface area contributed by atoms with Crippen molar-refractivity contribution in [2.24, 2.45) is 0 Å². The van der Waals surface area contributed by atoms with Crippen molar-refractivity contribution in [2.45, 2.75) is 5.41 Å². The number of hydrogen-bond acceptors (Lipinski definition) is 1. The third-order valence-electron chi connectivity index (χ3n) is 10.8. The molecule has 1 aliphatic heterocycles. The van der Waals surface area contributed by atoms with Crippen LogP contribution in [-0.2, 0) is 5.41 Å². The van der Waals surface area contributed by atoms with Crippen LogP contribution in [0.1, 0.15) is 22.3 Å². The molecule has 0 bridgehead atoms. The molecule has 0 fully saturated rings. The third kappa shape index (κ3) is 3.15. The number of nitrogens with zero attached hydrogens (tertiary/aromatic N) is 2. The van der Waals surface area contributed by atoms with Crippen LogP contribution < -0.4 is 0 Å². The predicted octanol–water partition coefficient (Wildman–Crippen LogP) is 11.3. The van der Waals surface area contributed by atoms with Gasteiger partial charge in [0, 0.05) is 21.7 Å². The normalized spacial score (nSPS) is 15.6. The summed E-state index contributed by atoms with van der Waals surface area (Å²) in [6, 6.07) is 62.3. The minimum atomic E-state index is -0.538. The molecule has 0 saturated heterocycles. The first-order chi connectivity index (χ1) is 23.8. The van der Waals surface area contributed by atoms with Gasteiger partial charge in [0.15, 0.2) is 0 Å². The first-order valence-corrected chi connectivity index (χ1v) is 16.7. The molecule has 0 saturated carbocycles. The van der Waals surface area contributed by atoms with Crippen molar-refractivity contribution in [3.63, 3.8) is 0 Å². The van der Waals surface area contributed by atoms with Gasteiger partial charge in [0.05, 0.1) is 33.3 Å². The summed E-state index contributed by atoms with van der Waals surface area (Å²) in [7, 11) is 0. The fourth-order valence-corrected chi connectivity index (χ4v) is 9.01. The standard InChI is InChI=1S/C46H28N2/c1-2-14-29(15-3-1)36-28-41(47-40-25-9-5-17-31(36)40)35-21-12-19-33-30-16-4-7-22-37(30)46(44(33)35)38-23-8-11-27-43(38)48-42-26-10-6-18-32(42)34-20-13-24-39(46)45(34)48/h1-28H. The van der Waals surface area contributed by atoms with Crippen LogP contribution in [-0.4, -0.2) is 9.55 Å². The van der Waals surface area contributed by atoms with E-state index >= 15 is 0 Å². The Labute approximate surface area is 278 Å². The van der Waals surface area contributed by atoms with Gasteiger partial charge in [0.25, 0.3) is 0 Å². The van der Waals surface area contributed by atoms with E-state index in [-0.39, 0.29) is 0 Å². The summed E-state index contributed by atoms with van der Waals surface area (Å²) in [5, 5.41) is 3.73. The fourth-order valence-electron chi connectivity index (χ4n) is 9.01. The summed E-state index contributed by atoms with van der Waals surface area (Å²) in [6.45, 7) is 0. The zero-order chi connectivity index (χ0) is 31.4. The van der Waals surface area contributed by atoms with Crippen LogP contribution in [0.2, 0.25) is 0 Å². The van der Waals surface area contributed by atoms with Gasteiger partial charge in [-0.15, -0.1) is 0 Å². The maximum absolute atomic E-state index is 5.43. The average Bonchev–Trinajstić information content (AvgIpc) is 3.66. The molecule has 2 nitrogen and oxygen atoms in total. The lowest BCUT2D eigenvalue weighted by molar-refractivity contribution is 0.750. The Hall–Kier alpha value is -6.25. The Morgan fingerprint density at radius 1 is 0.438 bits per heavy atom. The summed E-state index contributed by atoms with van der Waals surface area (Å²) < 4.78 is 2.51. The molecule has 7 aromatic carbocycles. The van der Waals surface area contributed by atoms with E-state index in [9.17, 15) is 0 Å². The van der Waals surface area contributed by atoms with Crippen molar-refractivity contribution in [3.8, 4) is 39.2 Å². The van der Waals surface area contributed by atoms with Gasteiger partial charge < -0.3 is 4.57 Å². The highest BCUT2D eigenvalue weighted by molar-refractivity contribution is 6.13. The van der Waals surface area contributed by atoms with Crippen molar-refractivity contribution in [1.29, 1.82) is 0 Å². The van der Waals surface area contributed by atoms with E-state index in [1.807, 2.05) is 0 Å². The molecule has 0 N–H and O–H groups in total. The lowest BCUT2D eigenvalue weighted by Gasteiger charge is -2.40. The van der Waals surface area contributed by atoms with Crippen LogP contribution in [0.5, 0.6) is 0 Å². The first-order valence-electron chi connectivity index (χ1n) is 16.7. The van der Waals surface area contributed by atoms with E-state index in [0.717, 1.165) is 16.6 Å². The minimum Gasteiger partial charge on any atom is -0.309 e. The van der Waals surface area contributed by atoms with E-state index in [1.165, 1.54) is 77.6 Å². The van der Waals surface area contributed by atoms with Crippen LogP contribution in [0.4, 0.5) is 0 Å².